The maximum atomic E-state index is 12.6. The van der Waals surface area contributed by atoms with E-state index in [4.69, 9.17) is 11.6 Å². The largest absolute Gasteiger partial charge is 0.274 e. The topological polar surface area (TPSA) is 64.0 Å². The van der Waals surface area contributed by atoms with E-state index in [-0.39, 0.29) is 16.9 Å². The molecule has 0 radical (unpaired) electrons. The normalized spacial score (nSPS) is 12.6. The highest BCUT2D eigenvalue weighted by molar-refractivity contribution is 7.89. The summed E-state index contributed by atoms with van der Waals surface area (Å²) in [6.07, 6.45) is 1.52. The van der Waals surface area contributed by atoms with E-state index in [9.17, 15) is 8.42 Å². The van der Waals surface area contributed by atoms with Gasteiger partial charge in [0, 0.05) is 30.2 Å². The summed E-state index contributed by atoms with van der Waals surface area (Å²) >= 11 is 6.06. The van der Waals surface area contributed by atoms with E-state index in [2.05, 4.69) is 9.82 Å². The molecule has 7 heteroatoms. The lowest BCUT2D eigenvalue weighted by atomic mass is 9.92. The zero-order chi connectivity index (χ0) is 16.5. The summed E-state index contributed by atoms with van der Waals surface area (Å²) in [6.45, 7) is 5.94. The van der Waals surface area contributed by atoms with E-state index in [1.54, 1.807) is 25.2 Å². The first kappa shape index (κ1) is 17.0. The SMILES string of the molecule is Cn1cc(S(=O)(=O)NCc2ccccc2Cl)c(C(C)(C)C)n1. The molecule has 0 saturated carbocycles. The average Bonchev–Trinajstić information content (AvgIpc) is 2.81. The number of aromatic nitrogens is 2. The molecule has 0 atom stereocenters. The van der Waals surface area contributed by atoms with Crippen molar-refractivity contribution >= 4 is 21.6 Å². The van der Waals surface area contributed by atoms with Crippen LogP contribution in [-0.2, 0) is 29.0 Å². The van der Waals surface area contributed by atoms with Crippen molar-refractivity contribution in [1.82, 2.24) is 14.5 Å². The first-order valence-corrected chi connectivity index (χ1v) is 8.74. The van der Waals surface area contributed by atoms with Gasteiger partial charge in [0.05, 0.1) is 5.69 Å². The minimum absolute atomic E-state index is 0.139. The molecule has 0 aliphatic rings. The molecular formula is C15H20ClN3O2S. The molecule has 0 amide bonds. The van der Waals surface area contributed by atoms with Gasteiger partial charge in [0.2, 0.25) is 10.0 Å². The summed E-state index contributed by atoms with van der Waals surface area (Å²) in [6, 6.07) is 7.15. The van der Waals surface area contributed by atoms with Crippen LogP contribution in [0.2, 0.25) is 5.02 Å². The van der Waals surface area contributed by atoms with E-state index in [1.807, 2.05) is 26.8 Å². The standard InChI is InChI=1S/C15H20ClN3O2S/c1-15(2,3)14-13(10-19(4)18-14)22(20,21)17-9-11-7-5-6-8-12(11)16/h5-8,10,17H,9H2,1-4H3. The van der Waals surface area contributed by atoms with Crippen LogP contribution >= 0.6 is 11.6 Å². The second-order valence-corrected chi connectivity index (χ2v) is 8.32. The lowest BCUT2D eigenvalue weighted by Crippen LogP contribution is -2.26. The molecule has 0 saturated heterocycles. The second-order valence-electron chi connectivity index (χ2n) is 6.18. The number of aryl methyl sites for hydroxylation is 1. The van der Waals surface area contributed by atoms with Gasteiger partial charge in [-0.1, -0.05) is 50.6 Å². The number of benzene rings is 1. The van der Waals surface area contributed by atoms with Gasteiger partial charge in [0.1, 0.15) is 4.90 Å². The molecule has 1 N–H and O–H groups in total. The van der Waals surface area contributed by atoms with Crippen LogP contribution in [0.25, 0.3) is 0 Å². The molecule has 1 heterocycles. The van der Waals surface area contributed by atoms with E-state index in [1.165, 1.54) is 10.9 Å². The van der Waals surface area contributed by atoms with Crippen LogP contribution in [0.5, 0.6) is 0 Å². The molecule has 2 rings (SSSR count). The van der Waals surface area contributed by atoms with Gasteiger partial charge in [0.15, 0.2) is 0 Å². The number of sulfonamides is 1. The molecule has 120 valence electrons. The highest BCUT2D eigenvalue weighted by Crippen LogP contribution is 2.27. The molecule has 2 aromatic rings. The Kier molecular flexibility index (Phi) is 4.65. The van der Waals surface area contributed by atoms with Crippen molar-refractivity contribution in [2.24, 2.45) is 7.05 Å². The van der Waals surface area contributed by atoms with E-state index < -0.39 is 10.0 Å². The summed E-state index contributed by atoms with van der Waals surface area (Å²) in [5.41, 5.74) is 0.908. The predicted octanol–water partition coefficient (Wildman–Crippen LogP) is 2.85. The molecule has 0 unspecified atom stereocenters. The van der Waals surface area contributed by atoms with Crippen molar-refractivity contribution in [3.63, 3.8) is 0 Å². The van der Waals surface area contributed by atoms with Gasteiger partial charge >= 0.3 is 0 Å². The van der Waals surface area contributed by atoms with Gasteiger partial charge < -0.3 is 0 Å². The zero-order valence-electron chi connectivity index (χ0n) is 13.1. The summed E-state index contributed by atoms with van der Waals surface area (Å²) in [4.78, 5) is 0.203. The van der Waals surface area contributed by atoms with E-state index in [0.29, 0.717) is 10.7 Å². The Morgan fingerprint density at radius 1 is 1.27 bits per heavy atom. The van der Waals surface area contributed by atoms with Crippen LogP contribution in [-0.4, -0.2) is 18.2 Å². The van der Waals surface area contributed by atoms with Crippen LogP contribution in [0.4, 0.5) is 0 Å². The van der Waals surface area contributed by atoms with Crippen LogP contribution in [0.3, 0.4) is 0 Å². The number of nitrogens with zero attached hydrogens (tertiary/aromatic N) is 2. The third kappa shape index (κ3) is 3.69. The summed E-state index contributed by atoms with van der Waals surface area (Å²) in [5.74, 6) is 0. The Hall–Kier alpha value is -1.37. The third-order valence-electron chi connectivity index (χ3n) is 3.21. The molecule has 5 nitrogen and oxygen atoms in total. The van der Waals surface area contributed by atoms with Gasteiger partial charge in [-0.3, -0.25) is 4.68 Å². The Balaban J connectivity index is 2.30. The Morgan fingerprint density at radius 2 is 1.91 bits per heavy atom. The lowest BCUT2D eigenvalue weighted by molar-refractivity contribution is 0.535. The smallest absolute Gasteiger partial charge is 0.244 e. The van der Waals surface area contributed by atoms with Crippen molar-refractivity contribution in [2.45, 2.75) is 37.6 Å². The monoisotopic (exact) mass is 341 g/mol. The van der Waals surface area contributed by atoms with Gasteiger partial charge in [0.25, 0.3) is 0 Å². The number of nitrogens with one attached hydrogen (secondary N) is 1. The zero-order valence-corrected chi connectivity index (χ0v) is 14.7. The fourth-order valence-electron chi connectivity index (χ4n) is 2.08. The number of hydrogen-bond donors (Lipinski definition) is 1. The fraction of sp³-hybridized carbons (Fsp3) is 0.400. The van der Waals surface area contributed by atoms with Crippen LogP contribution in [0.1, 0.15) is 32.0 Å². The second kappa shape index (κ2) is 6.02. The Labute approximate surface area is 136 Å². The van der Waals surface area contributed by atoms with E-state index >= 15 is 0 Å². The first-order valence-electron chi connectivity index (χ1n) is 6.88. The van der Waals surface area contributed by atoms with Crippen molar-refractivity contribution < 1.29 is 8.42 Å². The van der Waals surface area contributed by atoms with Crippen molar-refractivity contribution in [3.8, 4) is 0 Å². The van der Waals surface area contributed by atoms with Gasteiger partial charge in [-0.15, -0.1) is 0 Å². The van der Waals surface area contributed by atoms with Crippen LogP contribution in [0.15, 0.2) is 35.4 Å². The van der Waals surface area contributed by atoms with Crippen LogP contribution in [0, 0.1) is 0 Å². The highest BCUT2D eigenvalue weighted by atomic mass is 35.5. The third-order valence-corrected chi connectivity index (χ3v) is 4.98. The summed E-state index contributed by atoms with van der Waals surface area (Å²) in [7, 11) is -1.95. The molecule has 0 spiro atoms. The molecule has 0 fully saturated rings. The maximum Gasteiger partial charge on any atom is 0.244 e. The van der Waals surface area contributed by atoms with Crippen LogP contribution < -0.4 is 4.72 Å². The molecule has 0 bridgehead atoms. The minimum Gasteiger partial charge on any atom is -0.274 e. The van der Waals surface area contributed by atoms with Crippen molar-refractivity contribution in [3.05, 3.63) is 46.7 Å². The lowest BCUT2D eigenvalue weighted by Gasteiger charge is -2.17. The van der Waals surface area contributed by atoms with Crippen molar-refractivity contribution in [1.29, 1.82) is 0 Å². The molecule has 22 heavy (non-hydrogen) atoms. The Bertz CT molecular complexity index is 776. The van der Waals surface area contributed by atoms with Gasteiger partial charge in [-0.25, -0.2) is 13.1 Å². The highest BCUT2D eigenvalue weighted by Gasteiger charge is 2.29. The number of hydrogen-bond acceptors (Lipinski definition) is 3. The van der Waals surface area contributed by atoms with Gasteiger partial charge in [-0.2, -0.15) is 5.10 Å². The first-order chi connectivity index (χ1) is 10.1. The van der Waals surface area contributed by atoms with Crippen molar-refractivity contribution in [2.75, 3.05) is 0 Å². The van der Waals surface area contributed by atoms with E-state index in [0.717, 1.165) is 5.56 Å². The maximum absolute atomic E-state index is 12.6. The summed E-state index contributed by atoms with van der Waals surface area (Å²) in [5, 5.41) is 4.83. The minimum atomic E-state index is -3.66. The average molecular weight is 342 g/mol. The quantitative estimate of drug-likeness (QED) is 0.930. The number of halogens is 1. The molecule has 0 aliphatic carbocycles. The molecule has 0 aliphatic heterocycles. The predicted molar refractivity (Wildman–Crippen MR) is 87.4 cm³/mol. The molecule has 1 aromatic heterocycles. The van der Waals surface area contributed by atoms with Gasteiger partial charge in [-0.05, 0) is 11.6 Å². The number of rotatable bonds is 4. The molecule has 1 aromatic carbocycles. The fourth-order valence-corrected chi connectivity index (χ4v) is 3.67. The molecular weight excluding hydrogens is 322 g/mol. The Morgan fingerprint density at radius 3 is 2.50 bits per heavy atom. The summed E-state index contributed by atoms with van der Waals surface area (Å²) < 4.78 is 29.3.